The van der Waals surface area contributed by atoms with Crippen molar-refractivity contribution in [2.75, 3.05) is 6.54 Å². The minimum Gasteiger partial charge on any atom is -0.393 e. The molecule has 0 aromatic carbocycles. The highest BCUT2D eigenvalue weighted by atomic mass is 16.3. The van der Waals surface area contributed by atoms with Gasteiger partial charge >= 0.3 is 0 Å². The van der Waals surface area contributed by atoms with Gasteiger partial charge in [0.05, 0.1) is 6.10 Å². The monoisotopic (exact) mass is 141 g/mol. The van der Waals surface area contributed by atoms with E-state index in [4.69, 9.17) is 5.73 Å². The average Bonchev–Trinajstić information content (AvgIpc) is 2.44. The molecule has 0 heterocycles. The van der Waals surface area contributed by atoms with Crippen LogP contribution in [0, 0.1) is 17.8 Å². The second-order valence-corrected chi connectivity index (χ2v) is 3.79. The zero-order valence-corrected chi connectivity index (χ0v) is 6.16. The lowest BCUT2D eigenvalue weighted by atomic mass is 9.87. The molecule has 3 N–H and O–H groups in total. The zero-order valence-electron chi connectivity index (χ0n) is 6.16. The molecular weight excluding hydrogens is 126 g/mol. The van der Waals surface area contributed by atoms with Crippen molar-refractivity contribution in [1.82, 2.24) is 0 Å². The summed E-state index contributed by atoms with van der Waals surface area (Å²) in [6.45, 7) is 0.827. The number of aliphatic hydroxyl groups is 1. The van der Waals surface area contributed by atoms with Crippen LogP contribution in [0.4, 0.5) is 0 Å². The van der Waals surface area contributed by atoms with Crippen LogP contribution in [0.2, 0.25) is 0 Å². The summed E-state index contributed by atoms with van der Waals surface area (Å²) in [6, 6.07) is 0. The summed E-state index contributed by atoms with van der Waals surface area (Å²) in [5.74, 6) is 2.08. The van der Waals surface area contributed by atoms with Crippen LogP contribution in [-0.2, 0) is 0 Å². The number of rotatable bonds is 1. The molecule has 2 fully saturated rings. The van der Waals surface area contributed by atoms with Crippen molar-refractivity contribution in [3.05, 3.63) is 0 Å². The molecule has 2 nitrogen and oxygen atoms in total. The standard InChI is InChI=1S/C8H15NO/c9-4-7-2-6-1-5(7)3-8(6)10/h5-8,10H,1-4,9H2. The van der Waals surface area contributed by atoms with Crippen molar-refractivity contribution in [2.45, 2.75) is 25.4 Å². The van der Waals surface area contributed by atoms with Crippen LogP contribution in [0.3, 0.4) is 0 Å². The van der Waals surface area contributed by atoms with E-state index in [1.807, 2.05) is 0 Å². The maximum atomic E-state index is 9.39. The summed E-state index contributed by atoms with van der Waals surface area (Å²) in [5, 5.41) is 9.39. The Labute approximate surface area is 61.4 Å². The molecule has 2 heteroatoms. The van der Waals surface area contributed by atoms with Crippen molar-refractivity contribution in [3.63, 3.8) is 0 Å². The molecular formula is C8H15NO. The van der Waals surface area contributed by atoms with Crippen LogP contribution < -0.4 is 5.73 Å². The van der Waals surface area contributed by atoms with Gasteiger partial charge in [0.25, 0.3) is 0 Å². The Balaban J connectivity index is 2.02. The van der Waals surface area contributed by atoms with Crippen molar-refractivity contribution in [1.29, 1.82) is 0 Å². The van der Waals surface area contributed by atoms with Gasteiger partial charge in [-0.3, -0.25) is 0 Å². The largest absolute Gasteiger partial charge is 0.393 e. The maximum absolute atomic E-state index is 9.39. The van der Waals surface area contributed by atoms with Crippen LogP contribution in [0.1, 0.15) is 19.3 Å². The first kappa shape index (κ1) is 6.62. The summed E-state index contributed by atoms with van der Waals surface area (Å²) >= 11 is 0. The van der Waals surface area contributed by atoms with Gasteiger partial charge in [-0.05, 0) is 43.6 Å². The van der Waals surface area contributed by atoms with E-state index in [1.54, 1.807) is 0 Å². The average molecular weight is 141 g/mol. The predicted octanol–water partition coefficient (Wildman–Crippen LogP) is 0.352. The van der Waals surface area contributed by atoms with Gasteiger partial charge in [0, 0.05) is 0 Å². The van der Waals surface area contributed by atoms with Gasteiger partial charge in [-0.1, -0.05) is 0 Å². The second kappa shape index (κ2) is 2.21. The van der Waals surface area contributed by atoms with Crippen LogP contribution in [0.5, 0.6) is 0 Å². The molecule has 2 saturated carbocycles. The SMILES string of the molecule is NCC1CC2CC1CC2O. The highest BCUT2D eigenvalue weighted by molar-refractivity contribution is 4.95. The second-order valence-electron chi connectivity index (χ2n) is 3.79. The molecule has 2 aliphatic rings. The van der Waals surface area contributed by atoms with Crippen LogP contribution in [0.15, 0.2) is 0 Å². The van der Waals surface area contributed by atoms with Crippen LogP contribution in [-0.4, -0.2) is 17.8 Å². The maximum Gasteiger partial charge on any atom is 0.0571 e. The molecule has 10 heavy (non-hydrogen) atoms. The number of fused-ring (bicyclic) bond motifs is 2. The third-order valence-electron chi connectivity index (χ3n) is 3.27. The lowest BCUT2D eigenvalue weighted by Crippen LogP contribution is -2.26. The molecule has 2 aliphatic carbocycles. The molecule has 0 saturated heterocycles. The lowest BCUT2D eigenvalue weighted by molar-refractivity contribution is 0.0967. The Bertz CT molecular complexity index is 135. The van der Waals surface area contributed by atoms with E-state index in [1.165, 1.54) is 12.8 Å². The Hall–Kier alpha value is -0.0800. The predicted molar refractivity (Wildman–Crippen MR) is 39.4 cm³/mol. The van der Waals surface area contributed by atoms with Crippen LogP contribution >= 0.6 is 0 Å². The van der Waals surface area contributed by atoms with Crippen molar-refractivity contribution in [3.8, 4) is 0 Å². The molecule has 0 spiro atoms. The molecule has 2 bridgehead atoms. The third kappa shape index (κ3) is 0.789. The Morgan fingerprint density at radius 2 is 2.00 bits per heavy atom. The molecule has 4 unspecified atom stereocenters. The van der Waals surface area contributed by atoms with Crippen molar-refractivity contribution in [2.24, 2.45) is 23.5 Å². The van der Waals surface area contributed by atoms with E-state index in [2.05, 4.69) is 0 Å². The van der Waals surface area contributed by atoms with E-state index in [-0.39, 0.29) is 6.10 Å². The first-order valence-corrected chi connectivity index (χ1v) is 4.19. The lowest BCUT2D eigenvalue weighted by Gasteiger charge is -2.23. The first-order valence-electron chi connectivity index (χ1n) is 4.19. The molecule has 0 radical (unpaired) electrons. The Morgan fingerprint density at radius 3 is 2.40 bits per heavy atom. The number of aliphatic hydroxyl groups excluding tert-OH is 1. The Morgan fingerprint density at radius 1 is 1.20 bits per heavy atom. The van der Waals surface area contributed by atoms with E-state index in [9.17, 15) is 5.11 Å². The first-order chi connectivity index (χ1) is 4.81. The highest BCUT2D eigenvalue weighted by Crippen LogP contribution is 2.47. The summed E-state index contributed by atoms with van der Waals surface area (Å²) < 4.78 is 0. The van der Waals surface area contributed by atoms with Crippen molar-refractivity contribution < 1.29 is 5.11 Å². The van der Waals surface area contributed by atoms with Gasteiger partial charge < -0.3 is 10.8 Å². The smallest absolute Gasteiger partial charge is 0.0571 e. The summed E-state index contributed by atoms with van der Waals surface area (Å²) in [6.07, 6.45) is 3.45. The molecule has 2 rings (SSSR count). The molecule has 0 aromatic rings. The topological polar surface area (TPSA) is 46.2 Å². The Kier molecular flexibility index (Phi) is 1.46. The van der Waals surface area contributed by atoms with E-state index >= 15 is 0 Å². The summed E-state index contributed by atoms with van der Waals surface area (Å²) in [5.41, 5.74) is 5.58. The molecule has 58 valence electrons. The van der Waals surface area contributed by atoms with Crippen molar-refractivity contribution >= 4 is 0 Å². The number of hydrogen-bond acceptors (Lipinski definition) is 2. The summed E-state index contributed by atoms with van der Waals surface area (Å²) in [4.78, 5) is 0. The normalized spacial score (nSPS) is 52.2. The van der Waals surface area contributed by atoms with Gasteiger partial charge in [0.2, 0.25) is 0 Å². The highest BCUT2D eigenvalue weighted by Gasteiger charge is 2.44. The van der Waals surface area contributed by atoms with E-state index < -0.39 is 0 Å². The quantitative estimate of drug-likeness (QED) is 0.553. The minimum atomic E-state index is 0.00722. The van der Waals surface area contributed by atoms with E-state index in [0.717, 1.165) is 24.8 Å². The fourth-order valence-corrected chi connectivity index (χ4v) is 2.65. The molecule has 0 aliphatic heterocycles. The van der Waals surface area contributed by atoms with Gasteiger partial charge in [0.1, 0.15) is 0 Å². The molecule has 0 amide bonds. The summed E-state index contributed by atoms with van der Waals surface area (Å²) in [7, 11) is 0. The number of hydrogen-bond donors (Lipinski definition) is 2. The minimum absolute atomic E-state index is 0.00722. The van der Waals surface area contributed by atoms with Gasteiger partial charge in [-0.15, -0.1) is 0 Å². The van der Waals surface area contributed by atoms with E-state index in [0.29, 0.717) is 5.92 Å². The molecule has 0 aromatic heterocycles. The van der Waals surface area contributed by atoms with Gasteiger partial charge in [0.15, 0.2) is 0 Å². The van der Waals surface area contributed by atoms with Crippen LogP contribution in [0.25, 0.3) is 0 Å². The van der Waals surface area contributed by atoms with Gasteiger partial charge in [-0.2, -0.15) is 0 Å². The molecule has 4 atom stereocenters. The zero-order chi connectivity index (χ0) is 7.14. The fraction of sp³-hybridized carbons (Fsp3) is 1.00. The number of nitrogens with two attached hydrogens (primary N) is 1. The van der Waals surface area contributed by atoms with Gasteiger partial charge in [-0.25, -0.2) is 0 Å². The fourth-order valence-electron chi connectivity index (χ4n) is 2.65. The third-order valence-corrected chi connectivity index (χ3v) is 3.27.